The molecular weight excluding hydrogens is 312 g/mol. The second kappa shape index (κ2) is 7.10. The number of rotatable bonds is 5. The molecule has 0 amide bonds. The molecule has 2 N–H and O–H groups in total. The van der Waals surface area contributed by atoms with Gasteiger partial charge in [0, 0.05) is 49.6 Å². The van der Waals surface area contributed by atoms with Crippen molar-refractivity contribution in [2.75, 3.05) is 18.4 Å². The summed E-state index contributed by atoms with van der Waals surface area (Å²) in [4.78, 5) is 11.2. The van der Waals surface area contributed by atoms with Gasteiger partial charge < -0.3 is 10.4 Å². The highest BCUT2D eigenvalue weighted by molar-refractivity contribution is 5.28. The second-order valence-electron chi connectivity index (χ2n) is 7.87. The number of piperidine rings is 1. The number of hydrogen-bond donors (Lipinski definition) is 2. The lowest BCUT2D eigenvalue weighted by Crippen LogP contribution is -2.55. The number of aromatic nitrogens is 2. The highest BCUT2D eigenvalue weighted by atomic mass is 16.3. The van der Waals surface area contributed by atoms with Gasteiger partial charge in [-0.25, -0.2) is 9.97 Å². The van der Waals surface area contributed by atoms with Crippen LogP contribution in [0.5, 0.6) is 0 Å². The number of benzene rings is 1. The second-order valence-corrected chi connectivity index (χ2v) is 7.87. The van der Waals surface area contributed by atoms with E-state index in [1.807, 2.05) is 37.5 Å². The van der Waals surface area contributed by atoms with E-state index in [2.05, 4.69) is 46.2 Å². The molecule has 0 saturated carbocycles. The first kappa shape index (κ1) is 17.8. The van der Waals surface area contributed by atoms with Crippen LogP contribution < -0.4 is 5.32 Å². The average molecular weight is 340 g/mol. The van der Waals surface area contributed by atoms with E-state index < -0.39 is 5.60 Å². The van der Waals surface area contributed by atoms with Gasteiger partial charge in [-0.05, 0) is 18.9 Å². The summed E-state index contributed by atoms with van der Waals surface area (Å²) >= 11 is 0. The van der Waals surface area contributed by atoms with E-state index in [1.54, 1.807) is 0 Å². The lowest BCUT2D eigenvalue weighted by molar-refractivity contribution is -0.107. The Morgan fingerprint density at radius 2 is 1.76 bits per heavy atom. The molecule has 1 aromatic carbocycles. The van der Waals surface area contributed by atoms with Crippen LogP contribution in [-0.4, -0.2) is 38.7 Å². The Kier molecular flexibility index (Phi) is 5.06. The van der Waals surface area contributed by atoms with Gasteiger partial charge in [-0.2, -0.15) is 0 Å². The molecule has 134 valence electrons. The van der Waals surface area contributed by atoms with Crippen molar-refractivity contribution in [3.63, 3.8) is 0 Å². The molecule has 5 heteroatoms. The van der Waals surface area contributed by atoms with Crippen molar-refractivity contribution in [3.8, 4) is 0 Å². The zero-order chi connectivity index (χ0) is 17.9. The Morgan fingerprint density at radius 3 is 2.40 bits per heavy atom. The lowest BCUT2D eigenvalue weighted by Gasteiger charge is -2.48. The molecule has 0 spiro atoms. The molecule has 1 saturated heterocycles. The summed E-state index contributed by atoms with van der Waals surface area (Å²) < 4.78 is 0. The van der Waals surface area contributed by atoms with Crippen LogP contribution in [0.4, 0.5) is 5.95 Å². The molecule has 0 radical (unpaired) electrons. The maximum Gasteiger partial charge on any atom is 0.222 e. The van der Waals surface area contributed by atoms with Gasteiger partial charge in [-0.1, -0.05) is 44.2 Å². The van der Waals surface area contributed by atoms with E-state index >= 15 is 0 Å². The van der Waals surface area contributed by atoms with E-state index in [-0.39, 0.29) is 5.41 Å². The third-order valence-corrected chi connectivity index (χ3v) is 5.40. The molecule has 3 rings (SSSR count). The summed E-state index contributed by atoms with van der Waals surface area (Å²) in [6.45, 7) is 9.51. The minimum Gasteiger partial charge on any atom is -0.390 e. The van der Waals surface area contributed by atoms with E-state index in [4.69, 9.17) is 0 Å². The van der Waals surface area contributed by atoms with Crippen LogP contribution >= 0.6 is 0 Å². The van der Waals surface area contributed by atoms with E-state index in [9.17, 15) is 5.11 Å². The molecule has 0 unspecified atom stereocenters. The third kappa shape index (κ3) is 4.35. The number of anilines is 1. The lowest BCUT2D eigenvalue weighted by atomic mass is 9.71. The predicted octanol–water partition coefficient (Wildman–Crippen LogP) is 3.07. The maximum absolute atomic E-state index is 10.5. The van der Waals surface area contributed by atoms with E-state index in [0.29, 0.717) is 5.95 Å². The van der Waals surface area contributed by atoms with Crippen LogP contribution in [0.1, 0.15) is 38.3 Å². The molecule has 0 aliphatic carbocycles. The number of likely N-dealkylation sites (tertiary alicyclic amines) is 1. The van der Waals surface area contributed by atoms with Gasteiger partial charge in [0.05, 0.1) is 5.60 Å². The first-order valence-electron chi connectivity index (χ1n) is 8.89. The van der Waals surface area contributed by atoms with Gasteiger partial charge in [0.25, 0.3) is 0 Å². The van der Waals surface area contributed by atoms with Crippen LogP contribution in [-0.2, 0) is 13.1 Å². The Bertz CT molecular complexity index is 683. The summed E-state index contributed by atoms with van der Waals surface area (Å²) in [7, 11) is 0. The quantitative estimate of drug-likeness (QED) is 0.876. The molecule has 2 aromatic rings. The Balaban J connectivity index is 1.54. The summed E-state index contributed by atoms with van der Waals surface area (Å²) in [5, 5.41) is 13.8. The van der Waals surface area contributed by atoms with Gasteiger partial charge in [0.2, 0.25) is 5.95 Å². The average Bonchev–Trinajstić information content (AvgIpc) is 2.59. The number of nitrogens with zero attached hydrogens (tertiary/aromatic N) is 3. The summed E-state index contributed by atoms with van der Waals surface area (Å²) in [5.74, 6) is 0.648. The third-order valence-electron chi connectivity index (χ3n) is 5.40. The monoisotopic (exact) mass is 340 g/mol. The van der Waals surface area contributed by atoms with Crippen molar-refractivity contribution < 1.29 is 5.11 Å². The molecule has 2 heterocycles. The van der Waals surface area contributed by atoms with Crippen LogP contribution in [0.2, 0.25) is 0 Å². The van der Waals surface area contributed by atoms with Crippen LogP contribution in [0.25, 0.3) is 0 Å². The molecule has 1 aromatic heterocycles. The molecular formula is C20H28N4O. The highest BCUT2D eigenvalue weighted by Gasteiger charge is 2.43. The first-order valence-corrected chi connectivity index (χ1v) is 8.89. The normalized spacial score (nSPS) is 23.4. The van der Waals surface area contributed by atoms with Crippen LogP contribution in [0, 0.1) is 5.41 Å². The molecule has 1 atom stereocenters. The fourth-order valence-corrected chi connectivity index (χ4v) is 3.22. The van der Waals surface area contributed by atoms with Crippen molar-refractivity contribution in [2.24, 2.45) is 5.41 Å². The van der Waals surface area contributed by atoms with Gasteiger partial charge in [0.1, 0.15) is 0 Å². The minimum absolute atomic E-state index is 0.122. The predicted molar refractivity (Wildman–Crippen MR) is 100 cm³/mol. The molecule has 5 nitrogen and oxygen atoms in total. The standard InChI is InChI=1S/C20H28N4O/c1-19(2)15-24(10-9-20(19,3)25)14-17-12-22-18(23-13-17)21-11-16-7-5-4-6-8-16/h4-8,12-13,25H,9-11,14-15H2,1-3H3,(H,21,22,23)/t20-/m0/s1. The van der Waals surface area contributed by atoms with Crippen molar-refractivity contribution in [3.05, 3.63) is 53.9 Å². The number of aliphatic hydroxyl groups is 1. The Hall–Kier alpha value is -1.98. The van der Waals surface area contributed by atoms with Crippen molar-refractivity contribution in [2.45, 2.75) is 45.9 Å². The molecule has 1 fully saturated rings. The van der Waals surface area contributed by atoms with Crippen LogP contribution in [0.15, 0.2) is 42.7 Å². The van der Waals surface area contributed by atoms with Gasteiger partial charge >= 0.3 is 0 Å². The van der Waals surface area contributed by atoms with Crippen LogP contribution in [0.3, 0.4) is 0 Å². The Labute approximate surface area is 150 Å². The van der Waals surface area contributed by atoms with Gasteiger partial charge in [0.15, 0.2) is 0 Å². The maximum atomic E-state index is 10.5. The highest BCUT2D eigenvalue weighted by Crippen LogP contribution is 2.38. The SMILES string of the molecule is CC1(C)CN(Cc2cnc(NCc3ccccc3)nc2)CC[C@]1(C)O. The number of nitrogens with one attached hydrogen (secondary N) is 1. The fraction of sp³-hybridized carbons (Fsp3) is 0.500. The first-order chi connectivity index (χ1) is 11.9. The van der Waals surface area contributed by atoms with Gasteiger partial charge in [-0.15, -0.1) is 0 Å². The summed E-state index contributed by atoms with van der Waals surface area (Å²) in [5.41, 5.74) is 1.58. The number of hydrogen-bond acceptors (Lipinski definition) is 5. The smallest absolute Gasteiger partial charge is 0.222 e. The van der Waals surface area contributed by atoms with E-state index in [0.717, 1.165) is 38.2 Å². The fourth-order valence-electron chi connectivity index (χ4n) is 3.22. The molecule has 1 aliphatic heterocycles. The minimum atomic E-state index is -0.606. The van der Waals surface area contributed by atoms with E-state index in [1.165, 1.54) is 5.56 Å². The topological polar surface area (TPSA) is 61.3 Å². The summed E-state index contributed by atoms with van der Waals surface area (Å²) in [6.07, 6.45) is 4.57. The molecule has 25 heavy (non-hydrogen) atoms. The largest absolute Gasteiger partial charge is 0.390 e. The zero-order valence-electron chi connectivity index (χ0n) is 15.4. The summed E-state index contributed by atoms with van der Waals surface area (Å²) in [6, 6.07) is 10.2. The zero-order valence-corrected chi connectivity index (χ0v) is 15.4. The van der Waals surface area contributed by atoms with Crippen molar-refractivity contribution >= 4 is 5.95 Å². The van der Waals surface area contributed by atoms with Crippen molar-refractivity contribution in [1.82, 2.24) is 14.9 Å². The van der Waals surface area contributed by atoms with Gasteiger partial charge in [-0.3, -0.25) is 4.90 Å². The Morgan fingerprint density at radius 1 is 1.08 bits per heavy atom. The molecule has 0 bridgehead atoms. The molecule has 1 aliphatic rings. The van der Waals surface area contributed by atoms with Crippen molar-refractivity contribution in [1.29, 1.82) is 0 Å².